The molecule has 0 atom stereocenters. The van der Waals surface area contributed by atoms with E-state index in [1.165, 1.54) is 0 Å². The summed E-state index contributed by atoms with van der Waals surface area (Å²) in [6.45, 7) is 6.06. The van der Waals surface area contributed by atoms with Crippen LogP contribution in [0, 0.1) is 6.92 Å². The molecule has 104 valence electrons. The van der Waals surface area contributed by atoms with Gasteiger partial charge in [-0.1, -0.05) is 11.8 Å². The fourth-order valence-electron chi connectivity index (χ4n) is 1.70. The summed E-state index contributed by atoms with van der Waals surface area (Å²) in [5, 5.41) is 16.8. The molecule has 0 aliphatic rings. The maximum Gasteiger partial charge on any atom is 0.209 e. The average molecular weight is 346 g/mol. The van der Waals surface area contributed by atoms with Crippen LogP contribution in [0.1, 0.15) is 18.3 Å². The molecule has 0 aliphatic carbocycles. The molecule has 0 bridgehead atoms. The van der Waals surface area contributed by atoms with Crippen LogP contribution in [0.3, 0.4) is 0 Å². The SMILES string of the molecule is CCn1nc(C)c(Br)c1CSc1nnnn1CCN. The summed E-state index contributed by atoms with van der Waals surface area (Å²) in [6.07, 6.45) is 0. The average Bonchev–Trinajstić information content (AvgIpc) is 2.94. The van der Waals surface area contributed by atoms with E-state index >= 15 is 0 Å². The van der Waals surface area contributed by atoms with Crippen molar-refractivity contribution in [2.24, 2.45) is 5.73 Å². The minimum atomic E-state index is 0.522. The molecule has 0 aliphatic heterocycles. The molecule has 2 heterocycles. The van der Waals surface area contributed by atoms with Crippen molar-refractivity contribution in [3.8, 4) is 0 Å². The standard InChI is InChI=1S/C10H16BrN7S/c1-3-17-8(9(11)7(2)14-17)6-19-10-13-15-16-18(10)5-4-12/h3-6,12H2,1-2H3. The lowest BCUT2D eigenvalue weighted by molar-refractivity contribution is 0.556. The summed E-state index contributed by atoms with van der Waals surface area (Å²) >= 11 is 5.16. The first kappa shape index (κ1) is 14.5. The quantitative estimate of drug-likeness (QED) is 0.791. The summed E-state index contributed by atoms with van der Waals surface area (Å²) in [5.41, 5.74) is 7.67. The Labute approximate surface area is 124 Å². The first-order valence-electron chi connectivity index (χ1n) is 5.98. The second-order valence-corrected chi connectivity index (χ2v) is 5.66. The van der Waals surface area contributed by atoms with Gasteiger partial charge in [0.15, 0.2) is 0 Å². The lowest BCUT2D eigenvalue weighted by Crippen LogP contribution is -2.12. The molecular weight excluding hydrogens is 330 g/mol. The predicted molar refractivity (Wildman–Crippen MR) is 76.8 cm³/mol. The van der Waals surface area contributed by atoms with Crippen LogP contribution in [0.25, 0.3) is 0 Å². The van der Waals surface area contributed by atoms with Gasteiger partial charge < -0.3 is 5.73 Å². The zero-order chi connectivity index (χ0) is 13.8. The first-order chi connectivity index (χ1) is 9.17. The number of aromatic nitrogens is 6. The number of halogens is 1. The molecule has 0 spiro atoms. The van der Waals surface area contributed by atoms with Crippen LogP contribution >= 0.6 is 27.7 Å². The van der Waals surface area contributed by atoms with E-state index in [1.54, 1.807) is 16.4 Å². The van der Waals surface area contributed by atoms with E-state index in [0.717, 1.165) is 33.3 Å². The lowest BCUT2D eigenvalue weighted by Gasteiger charge is -2.05. The van der Waals surface area contributed by atoms with Crippen molar-refractivity contribution in [2.45, 2.75) is 37.8 Å². The molecule has 0 radical (unpaired) electrons. The number of thioether (sulfide) groups is 1. The number of tetrazole rings is 1. The summed E-state index contributed by atoms with van der Waals surface area (Å²) in [5.74, 6) is 0.764. The molecule has 2 aromatic heterocycles. The largest absolute Gasteiger partial charge is 0.329 e. The highest BCUT2D eigenvalue weighted by Crippen LogP contribution is 2.27. The molecule has 2 N–H and O–H groups in total. The van der Waals surface area contributed by atoms with Gasteiger partial charge in [0.05, 0.1) is 22.4 Å². The fourth-order valence-corrected chi connectivity index (χ4v) is 3.24. The van der Waals surface area contributed by atoms with Crippen molar-refractivity contribution in [3.05, 3.63) is 15.9 Å². The van der Waals surface area contributed by atoms with Crippen molar-refractivity contribution < 1.29 is 0 Å². The van der Waals surface area contributed by atoms with Crippen LogP contribution in [-0.4, -0.2) is 36.5 Å². The van der Waals surface area contributed by atoms with Crippen molar-refractivity contribution in [1.82, 2.24) is 30.0 Å². The first-order valence-corrected chi connectivity index (χ1v) is 7.76. The highest BCUT2D eigenvalue weighted by Gasteiger charge is 2.14. The van der Waals surface area contributed by atoms with E-state index in [9.17, 15) is 0 Å². The van der Waals surface area contributed by atoms with Gasteiger partial charge in [-0.15, -0.1) is 5.10 Å². The molecule has 2 aromatic rings. The molecular formula is C10H16BrN7S. The Morgan fingerprint density at radius 2 is 2.16 bits per heavy atom. The Hall–Kier alpha value is -0.930. The zero-order valence-corrected chi connectivity index (χ0v) is 13.3. The normalized spacial score (nSPS) is 11.2. The van der Waals surface area contributed by atoms with Crippen LogP contribution in [0.2, 0.25) is 0 Å². The second-order valence-electron chi connectivity index (χ2n) is 3.92. The monoisotopic (exact) mass is 345 g/mol. The Balaban J connectivity index is 2.12. The summed E-state index contributed by atoms with van der Waals surface area (Å²) < 4.78 is 4.77. The maximum absolute atomic E-state index is 5.52. The van der Waals surface area contributed by atoms with Crippen LogP contribution in [0.15, 0.2) is 9.63 Å². The van der Waals surface area contributed by atoms with E-state index in [4.69, 9.17) is 5.73 Å². The van der Waals surface area contributed by atoms with E-state index in [2.05, 4.69) is 43.5 Å². The van der Waals surface area contributed by atoms with Crippen LogP contribution in [0.5, 0.6) is 0 Å². The zero-order valence-electron chi connectivity index (χ0n) is 10.9. The third kappa shape index (κ3) is 3.15. The van der Waals surface area contributed by atoms with Gasteiger partial charge in [-0.3, -0.25) is 4.68 Å². The Morgan fingerprint density at radius 3 is 2.84 bits per heavy atom. The minimum absolute atomic E-state index is 0.522. The van der Waals surface area contributed by atoms with Gasteiger partial charge in [0, 0.05) is 18.8 Å². The molecule has 0 amide bonds. The van der Waals surface area contributed by atoms with E-state index in [0.29, 0.717) is 13.1 Å². The molecule has 0 aromatic carbocycles. The van der Waals surface area contributed by atoms with E-state index in [-0.39, 0.29) is 0 Å². The Kier molecular flexibility index (Phi) is 4.94. The smallest absolute Gasteiger partial charge is 0.209 e. The molecule has 2 rings (SSSR count). The lowest BCUT2D eigenvalue weighted by atomic mass is 10.4. The summed E-state index contributed by atoms with van der Waals surface area (Å²) in [7, 11) is 0. The molecule has 0 unspecified atom stereocenters. The van der Waals surface area contributed by atoms with Crippen molar-refractivity contribution in [3.63, 3.8) is 0 Å². The van der Waals surface area contributed by atoms with Gasteiger partial charge in [-0.25, -0.2) is 4.68 Å². The predicted octanol–water partition coefficient (Wildman–Crippen LogP) is 1.21. The molecule has 7 nitrogen and oxygen atoms in total. The topological polar surface area (TPSA) is 87.4 Å². The van der Waals surface area contributed by atoms with Crippen LogP contribution in [-0.2, 0) is 18.8 Å². The summed E-state index contributed by atoms with van der Waals surface area (Å²) in [4.78, 5) is 0. The molecule has 0 fully saturated rings. The Bertz CT molecular complexity index is 550. The third-order valence-corrected chi connectivity index (χ3v) is 4.63. The fraction of sp³-hybridized carbons (Fsp3) is 0.600. The van der Waals surface area contributed by atoms with Gasteiger partial charge in [-0.2, -0.15) is 5.10 Å². The number of aryl methyl sites for hydroxylation is 2. The van der Waals surface area contributed by atoms with Gasteiger partial charge in [0.25, 0.3) is 0 Å². The van der Waals surface area contributed by atoms with Crippen molar-refractivity contribution >= 4 is 27.7 Å². The van der Waals surface area contributed by atoms with Gasteiger partial charge in [0.2, 0.25) is 5.16 Å². The highest BCUT2D eigenvalue weighted by molar-refractivity contribution is 9.10. The van der Waals surface area contributed by atoms with Crippen molar-refractivity contribution in [1.29, 1.82) is 0 Å². The van der Waals surface area contributed by atoms with E-state index < -0.39 is 0 Å². The van der Waals surface area contributed by atoms with E-state index in [1.807, 2.05) is 11.6 Å². The van der Waals surface area contributed by atoms with Crippen LogP contribution in [0.4, 0.5) is 0 Å². The molecule has 0 saturated carbocycles. The molecule has 9 heteroatoms. The van der Waals surface area contributed by atoms with Crippen LogP contribution < -0.4 is 5.73 Å². The number of hydrogen-bond acceptors (Lipinski definition) is 6. The minimum Gasteiger partial charge on any atom is -0.329 e. The molecule has 19 heavy (non-hydrogen) atoms. The number of nitrogens with zero attached hydrogens (tertiary/aromatic N) is 6. The second kappa shape index (κ2) is 6.49. The number of hydrogen-bond donors (Lipinski definition) is 1. The molecule has 0 saturated heterocycles. The van der Waals surface area contributed by atoms with Gasteiger partial charge in [-0.05, 0) is 40.2 Å². The summed E-state index contributed by atoms with van der Waals surface area (Å²) in [6, 6.07) is 0. The highest BCUT2D eigenvalue weighted by atomic mass is 79.9. The Morgan fingerprint density at radius 1 is 1.37 bits per heavy atom. The number of nitrogens with two attached hydrogens (primary N) is 1. The number of rotatable bonds is 6. The maximum atomic E-state index is 5.52. The van der Waals surface area contributed by atoms with Gasteiger partial charge >= 0.3 is 0 Å². The third-order valence-electron chi connectivity index (χ3n) is 2.63. The van der Waals surface area contributed by atoms with Crippen molar-refractivity contribution in [2.75, 3.05) is 6.54 Å². The van der Waals surface area contributed by atoms with Gasteiger partial charge in [0.1, 0.15) is 0 Å².